The molecule has 5 nitrogen and oxygen atoms in total. The maximum Gasteiger partial charge on any atom is 0.153 e. The van der Waals surface area contributed by atoms with Crippen LogP contribution < -0.4 is 0 Å². The summed E-state index contributed by atoms with van der Waals surface area (Å²) in [6, 6.07) is 3.85. The summed E-state index contributed by atoms with van der Waals surface area (Å²) < 4.78 is 6.87. The van der Waals surface area contributed by atoms with Gasteiger partial charge in [-0.25, -0.2) is 9.50 Å². The Bertz CT molecular complexity index is 633. The number of rotatable bonds is 1. The summed E-state index contributed by atoms with van der Waals surface area (Å²) in [6.07, 6.45) is 3.54. The molecule has 0 radical (unpaired) electrons. The second-order valence-corrected chi connectivity index (χ2v) is 3.65. The molecule has 0 amide bonds. The lowest BCUT2D eigenvalue weighted by Crippen LogP contribution is -1.94. The molecule has 3 aromatic rings. The van der Waals surface area contributed by atoms with Crippen LogP contribution in [-0.4, -0.2) is 19.8 Å². The van der Waals surface area contributed by atoms with Crippen molar-refractivity contribution in [3.63, 3.8) is 0 Å². The van der Waals surface area contributed by atoms with Gasteiger partial charge in [0.2, 0.25) is 0 Å². The van der Waals surface area contributed by atoms with Crippen LogP contribution in [0.3, 0.4) is 0 Å². The van der Waals surface area contributed by atoms with Gasteiger partial charge in [-0.2, -0.15) is 5.10 Å². The number of fused-ring (bicyclic) bond motifs is 1. The summed E-state index contributed by atoms with van der Waals surface area (Å²) in [4.78, 5) is 4.15. The van der Waals surface area contributed by atoms with Crippen molar-refractivity contribution in [1.29, 1.82) is 0 Å². The van der Waals surface area contributed by atoms with E-state index in [0.29, 0.717) is 0 Å². The fourth-order valence-electron chi connectivity index (χ4n) is 1.80. The average Bonchev–Trinajstić information content (AvgIpc) is 2.85. The molecule has 0 unspecified atom stereocenters. The SMILES string of the molecule is Cc1noc(C)c1-c1ccc2nccn2n1. The summed E-state index contributed by atoms with van der Waals surface area (Å²) in [6.45, 7) is 3.79. The van der Waals surface area contributed by atoms with Crippen molar-refractivity contribution < 1.29 is 4.52 Å². The van der Waals surface area contributed by atoms with Gasteiger partial charge in [0.05, 0.1) is 17.0 Å². The van der Waals surface area contributed by atoms with Crippen LogP contribution in [0.2, 0.25) is 0 Å². The van der Waals surface area contributed by atoms with E-state index in [-0.39, 0.29) is 0 Å². The highest BCUT2D eigenvalue weighted by molar-refractivity contribution is 5.64. The monoisotopic (exact) mass is 214 g/mol. The number of hydrogen-bond acceptors (Lipinski definition) is 4. The second-order valence-electron chi connectivity index (χ2n) is 3.65. The molecule has 0 spiro atoms. The molecule has 0 aromatic carbocycles. The van der Waals surface area contributed by atoms with Gasteiger partial charge in [-0.3, -0.25) is 0 Å². The lowest BCUT2D eigenvalue weighted by atomic mass is 10.1. The maximum absolute atomic E-state index is 5.13. The van der Waals surface area contributed by atoms with E-state index in [1.54, 1.807) is 10.7 Å². The first-order chi connectivity index (χ1) is 7.75. The first-order valence-electron chi connectivity index (χ1n) is 4.99. The summed E-state index contributed by atoms with van der Waals surface area (Å²) in [5.41, 5.74) is 3.48. The molecule has 0 N–H and O–H groups in total. The van der Waals surface area contributed by atoms with Crippen LogP contribution >= 0.6 is 0 Å². The molecule has 0 bridgehead atoms. The molecule has 80 valence electrons. The third-order valence-electron chi connectivity index (χ3n) is 2.54. The van der Waals surface area contributed by atoms with Gasteiger partial charge in [-0.1, -0.05) is 5.16 Å². The van der Waals surface area contributed by atoms with Crippen LogP contribution in [0.5, 0.6) is 0 Å². The fourth-order valence-corrected chi connectivity index (χ4v) is 1.80. The van der Waals surface area contributed by atoms with Crippen LogP contribution in [0.15, 0.2) is 29.0 Å². The standard InChI is InChI=1S/C11H10N4O/c1-7-11(8(2)16-14-7)9-3-4-10-12-5-6-15(10)13-9/h3-6H,1-2H3. The van der Waals surface area contributed by atoms with Gasteiger partial charge in [-0.15, -0.1) is 0 Å². The van der Waals surface area contributed by atoms with Crippen LogP contribution in [0, 0.1) is 13.8 Å². The third kappa shape index (κ3) is 1.21. The minimum Gasteiger partial charge on any atom is -0.361 e. The molecule has 0 aliphatic carbocycles. The molecular formula is C11H10N4O. The van der Waals surface area contributed by atoms with Crippen molar-refractivity contribution in [3.8, 4) is 11.3 Å². The Hall–Kier alpha value is -2.17. The second kappa shape index (κ2) is 3.16. The van der Waals surface area contributed by atoms with Gasteiger partial charge in [-0.05, 0) is 26.0 Å². The fraction of sp³-hybridized carbons (Fsp3) is 0.182. The molecule has 0 saturated carbocycles. The van der Waals surface area contributed by atoms with E-state index in [9.17, 15) is 0 Å². The zero-order valence-electron chi connectivity index (χ0n) is 9.01. The lowest BCUT2D eigenvalue weighted by molar-refractivity contribution is 0.393. The Morgan fingerprint density at radius 3 is 2.88 bits per heavy atom. The normalized spacial score (nSPS) is 11.1. The smallest absolute Gasteiger partial charge is 0.153 e. The molecule has 0 aliphatic rings. The van der Waals surface area contributed by atoms with Crippen LogP contribution in [0.4, 0.5) is 0 Å². The van der Waals surface area contributed by atoms with E-state index in [4.69, 9.17) is 4.52 Å². The van der Waals surface area contributed by atoms with Crippen LogP contribution in [0.1, 0.15) is 11.5 Å². The van der Waals surface area contributed by atoms with Crippen molar-refractivity contribution in [3.05, 3.63) is 36.0 Å². The first-order valence-corrected chi connectivity index (χ1v) is 4.99. The largest absolute Gasteiger partial charge is 0.361 e. The van der Waals surface area contributed by atoms with Crippen LogP contribution in [-0.2, 0) is 0 Å². The van der Waals surface area contributed by atoms with E-state index in [1.807, 2.05) is 32.2 Å². The summed E-state index contributed by atoms with van der Waals surface area (Å²) >= 11 is 0. The molecule has 0 aliphatic heterocycles. The zero-order valence-corrected chi connectivity index (χ0v) is 9.01. The van der Waals surface area contributed by atoms with Gasteiger partial charge < -0.3 is 4.52 Å². The molecule has 3 heterocycles. The molecule has 0 saturated heterocycles. The van der Waals surface area contributed by atoms with E-state index in [2.05, 4.69) is 15.2 Å². The highest BCUT2D eigenvalue weighted by Gasteiger charge is 2.13. The van der Waals surface area contributed by atoms with E-state index in [1.165, 1.54) is 0 Å². The predicted octanol–water partition coefficient (Wildman–Crippen LogP) is 2.00. The topological polar surface area (TPSA) is 56.2 Å². The van der Waals surface area contributed by atoms with Crippen molar-refractivity contribution in [2.24, 2.45) is 0 Å². The quantitative estimate of drug-likeness (QED) is 0.621. The van der Waals surface area contributed by atoms with Gasteiger partial charge in [0.15, 0.2) is 5.65 Å². The highest BCUT2D eigenvalue weighted by atomic mass is 16.5. The third-order valence-corrected chi connectivity index (χ3v) is 2.54. The molecular weight excluding hydrogens is 204 g/mol. The molecule has 0 atom stereocenters. The van der Waals surface area contributed by atoms with Crippen molar-refractivity contribution >= 4 is 5.65 Å². The predicted molar refractivity (Wildman–Crippen MR) is 58.0 cm³/mol. The zero-order chi connectivity index (χ0) is 11.1. The van der Waals surface area contributed by atoms with E-state index >= 15 is 0 Å². The van der Waals surface area contributed by atoms with Gasteiger partial charge >= 0.3 is 0 Å². The van der Waals surface area contributed by atoms with Crippen LogP contribution in [0.25, 0.3) is 16.9 Å². The molecule has 3 aromatic heterocycles. The van der Waals surface area contributed by atoms with E-state index in [0.717, 1.165) is 28.4 Å². The molecule has 16 heavy (non-hydrogen) atoms. The summed E-state index contributed by atoms with van der Waals surface area (Å²) in [7, 11) is 0. The molecule has 5 heteroatoms. The number of aryl methyl sites for hydroxylation is 2. The Morgan fingerprint density at radius 2 is 2.12 bits per heavy atom. The Morgan fingerprint density at radius 1 is 1.25 bits per heavy atom. The van der Waals surface area contributed by atoms with Gasteiger partial charge in [0, 0.05) is 12.4 Å². The first kappa shape index (κ1) is 9.08. The average molecular weight is 214 g/mol. The minimum atomic E-state index is 0.782. The molecule has 0 fully saturated rings. The van der Waals surface area contributed by atoms with Gasteiger partial charge in [0.25, 0.3) is 0 Å². The van der Waals surface area contributed by atoms with Crippen molar-refractivity contribution in [2.75, 3.05) is 0 Å². The number of aromatic nitrogens is 4. The van der Waals surface area contributed by atoms with Crippen molar-refractivity contribution in [1.82, 2.24) is 19.8 Å². The summed E-state index contributed by atoms with van der Waals surface area (Å²) in [5, 5.41) is 8.37. The minimum absolute atomic E-state index is 0.782. The number of imidazole rings is 1. The highest BCUT2D eigenvalue weighted by Crippen LogP contribution is 2.24. The maximum atomic E-state index is 5.13. The van der Waals surface area contributed by atoms with Crippen molar-refractivity contribution in [2.45, 2.75) is 13.8 Å². The molecule has 3 rings (SSSR count). The number of nitrogens with zero attached hydrogens (tertiary/aromatic N) is 4. The Balaban J connectivity index is 2.25. The lowest BCUT2D eigenvalue weighted by Gasteiger charge is -1.99. The van der Waals surface area contributed by atoms with Gasteiger partial charge in [0.1, 0.15) is 5.76 Å². The Labute approximate surface area is 91.7 Å². The summed E-state index contributed by atoms with van der Waals surface area (Å²) in [5.74, 6) is 0.782. The Kier molecular flexibility index (Phi) is 1.80. The van der Waals surface area contributed by atoms with E-state index < -0.39 is 0 Å². The number of hydrogen-bond donors (Lipinski definition) is 0.